The van der Waals surface area contributed by atoms with E-state index in [2.05, 4.69) is 10.3 Å². The van der Waals surface area contributed by atoms with Crippen LogP contribution in [0.5, 0.6) is 5.75 Å². The molecule has 0 radical (unpaired) electrons. The van der Waals surface area contributed by atoms with Crippen molar-refractivity contribution in [3.63, 3.8) is 0 Å². The number of anilines is 1. The Kier molecular flexibility index (Phi) is 6.16. The zero-order valence-corrected chi connectivity index (χ0v) is 18.6. The number of ether oxygens (including phenoxy) is 1. The molecular formula is C24H20Cl2N2O3. The van der Waals surface area contributed by atoms with E-state index in [-0.39, 0.29) is 12.5 Å². The smallest absolute Gasteiger partial charge is 0.262 e. The predicted octanol–water partition coefficient (Wildman–Crippen LogP) is 6.36. The SMILES string of the molecule is Cc1cc(OCC(=O)Nc2ccc(Cc3nc4cc(Cl)ccc4o3)cc2)cc(C)c1Cl. The number of nitrogens with zero attached hydrogens (tertiary/aromatic N) is 1. The number of carbonyl (C=O) groups excluding carboxylic acids is 1. The van der Waals surface area contributed by atoms with Gasteiger partial charge < -0.3 is 14.5 Å². The molecule has 0 saturated heterocycles. The Labute approximate surface area is 189 Å². The molecule has 0 saturated carbocycles. The normalized spacial score (nSPS) is 11.0. The summed E-state index contributed by atoms with van der Waals surface area (Å²) < 4.78 is 11.4. The summed E-state index contributed by atoms with van der Waals surface area (Å²) in [5.74, 6) is 0.981. The molecule has 0 atom stereocenters. The van der Waals surface area contributed by atoms with Crippen molar-refractivity contribution in [2.75, 3.05) is 11.9 Å². The third kappa shape index (κ3) is 5.19. The number of amides is 1. The molecular weight excluding hydrogens is 435 g/mol. The lowest BCUT2D eigenvalue weighted by molar-refractivity contribution is -0.118. The van der Waals surface area contributed by atoms with Gasteiger partial charge in [0.25, 0.3) is 5.91 Å². The molecule has 1 N–H and O–H groups in total. The molecule has 1 heterocycles. The number of nitrogens with one attached hydrogen (secondary N) is 1. The largest absolute Gasteiger partial charge is 0.484 e. The lowest BCUT2D eigenvalue weighted by Crippen LogP contribution is -2.20. The summed E-state index contributed by atoms with van der Waals surface area (Å²) in [6, 6.07) is 16.5. The molecule has 1 amide bonds. The van der Waals surface area contributed by atoms with Gasteiger partial charge in [0, 0.05) is 22.2 Å². The number of oxazole rings is 1. The predicted molar refractivity (Wildman–Crippen MR) is 123 cm³/mol. The Morgan fingerprint density at radius 2 is 1.74 bits per heavy atom. The van der Waals surface area contributed by atoms with Crippen molar-refractivity contribution in [1.29, 1.82) is 0 Å². The van der Waals surface area contributed by atoms with E-state index in [1.54, 1.807) is 12.1 Å². The van der Waals surface area contributed by atoms with Crippen molar-refractivity contribution in [2.24, 2.45) is 0 Å². The van der Waals surface area contributed by atoms with Crippen LogP contribution in [-0.4, -0.2) is 17.5 Å². The molecule has 7 heteroatoms. The Balaban J connectivity index is 1.34. The summed E-state index contributed by atoms with van der Waals surface area (Å²) in [7, 11) is 0. The highest BCUT2D eigenvalue weighted by Gasteiger charge is 2.09. The zero-order valence-electron chi connectivity index (χ0n) is 17.0. The van der Waals surface area contributed by atoms with Crippen LogP contribution in [-0.2, 0) is 11.2 Å². The second-order valence-electron chi connectivity index (χ2n) is 7.30. The summed E-state index contributed by atoms with van der Waals surface area (Å²) in [4.78, 5) is 16.7. The lowest BCUT2D eigenvalue weighted by Gasteiger charge is -2.10. The van der Waals surface area contributed by atoms with Gasteiger partial charge in [0.1, 0.15) is 11.3 Å². The van der Waals surface area contributed by atoms with Crippen LogP contribution < -0.4 is 10.1 Å². The van der Waals surface area contributed by atoms with Gasteiger partial charge in [-0.3, -0.25) is 4.79 Å². The van der Waals surface area contributed by atoms with Gasteiger partial charge in [-0.05, 0) is 73.0 Å². The van der Waals surface area contributed by atoms with Gasteiger partial charge in [0.2, 0.25) is 0 Å². The van der Waals surface area contributed by atoms with Crippen molar-refractivity contribution in [1.82, 2.24) is 4.98 Å². The molecule has 5 nitrogen and oxygen atoms in total. The van der Waals surface area contributed by atoms with Crippen LogP contribution in [0.2, 0.25) is 10.0 Å². The quantitative estimate of drug-likeness (QED) is 0.368. The van der Waals surface area contributed by atoms with Crippen LogP contribution in [0, 0.1) is 13.8 Å². The van der Waals surface area contributed by atoms with Gasteiger partial charge in [0.05, 0.1) is 0 Å². The first kappa shape index (κ1) is 21.2. The van der Waals surface area contributed by atoms with Gasteiger partial charge in [-0.2, -0.15) is 0 Å². The standard InChI is InChI=1S/C24H20Cl2N2O3/c1-14-9-19(10-15(2)24(14)26)30-13-22(29)27-18-6-3-16(4-7-18)11-23-28-20-12-17(25)5-8-21(20)31-23/h3-10,12H,11,13H2,1-2H3,(H,27,29). The van der Waals surface area contributed by atoms with E-state index in [4.69, 9.17) is 32.4 Å². The molecule has 0 aliphatic heterocycles. The molecule has 0 fully saturated rings. The van der Waals surface area contributed by atoms with Gasteiger partial charge >= 0.3 is 0 Å². The van der Waals surface area contributed by atoms with Crippen LogP contribution >= 0.6 is 23.2 Å². The van der Waals surface area contributed by atoms with Gasteiger partial charge in [-0.25, -0.2) is 4.98 Å². The number of rotatable bonds is 6. The number of benzene rings is 3. The number of aromatic nitrogens is 1. The number of halogens is 2. The van der Waals surface area contributed by atoms with E-state index in [0.717, 1.165) is 22.2 Å². The highest BCUT2D eigenvalue weighted by Crippen LogP contribution is 2.26. The molecule has 158 valence electrons. The lowest BCUT2D eigenvalue weighted by atomic mass is 10.1. The fourth-order valence-electron chi connectivity index (χ4n) is 3.24. The van der Waals surface area contributed by atoms with E-state index in [9.17, 15) is 4.79 Å². The second-order valence-corrected chi connectivity index (χ2v) is 8.12. The fraction of sp³-hybridized carbons (Fsp3) is 0.167. The van der Waals surface area contributed by atoms with E-state index < -0.39 is 0 Å². The Hall–Kier alpha value is -3.02. The minimum absolute atomic E-state index is 0.0896. The molecule has 0 aliphatic rings. The first-order valence-corrected chi connectivity index (χ1v) is 10.5. The number of hydrogen-bond donors (Lipinski definition) is 1. The molecule has 0 unspecified atom stereocenters. The highest BCUT2D eigenvalue weighted by molar-refractivity contribution is 6.32. The van der Waals surface area contributed by atoms with Crippen LogP contribution in [0.25, 0.3) is 11.1 Å². The average Bonchev–Trinajstić information content (AvgIpc) is 3.13. The van der Waals surface area contributed by atoms with Crippen molar-refractivity contribution >= 4 is 45.9 Å². The minimum atomic E-state index is -0.242. The van der Waals surface area contributed by atoms with E-state index in [1.165, 1.54) is 0 Å². The molecule has 1 aromatic heterocycles. The first-order valence-electron chi connectivity index (χ1n) is 9.71. The van der Waals surface area contributed by atoms with E-state index >= 15 is 0 Å². The van der Waals surface area contributed by atoms with Gasteiger partial charge in [-0.15, -0.1) is 0 Å². The molecule has 4 aromatic rings. The zero-order chi connectivity index (χ0) is 22.0. The maximum Gasteiger partial charge on any atom is 0.262 e. The maximum atomic E-state index is 12.2. The monoisotopic (exact) mass is 454 g/mol. The first-order chi connectivity index (χ1) is 14.9. The summed E-state index contributed by atoms with van der Waals surface area (Å²) in [6.07, 6.45) is 0.541. The molecule has 3 aromatic carbocycles. The number of hydrogen-bond acceptors (Lipinski definition) is 4. The average molecular weight is 455 g/mol. The fourth-order valence-corrected chi connectivity index (χ4v) is 3.52. The summed E-state index contributed by atoms with van der Waals surface area (Å²) in [6.45, 7) is 3.72. The van der Waals surface area contributed by atoms with Gasteiger partial charge in [0.15, 0.2) is 18.1 Å². The van der Waals surface area contributed by atoms with Gasteiger partial charge in [-0.1, -0.05) is 35.3 Å². The van der Waals surface area contributed by atoms with Crippen molar-refractivity contribution in [3.8, 4) is 5.75 Å². The number of carbonyl (C=O) groups is 1. The van der Waals surface area contributed by atoms with Crippen LogP contribution in [0.4, 0.5) is 5.69 Å². The minimum Gasteiger partial charge on any atom is -0.484 e. The van der Waals surface area contributed by atoms with Crippen molar-refractivity contribution < 1.29 is 13.9 Å². The molecule has 31 heavy (non-hydrogen) atoms. The molecule has 0 bridgehead atoms. The Morgan fingerprint density at radius 1 is 1.03 bits per heavy atom. The molecule has 4 rings (SSSR count). The van der Waals surface area contributed by atoms with Crippen molar-refractivity contribution in [2.45, 2.75) is 20.3 Å². The van der Waals surface area contributed by atoms with Crippen LogP contribution in [0.1, 0.15) is 22.6 Å². The highest BCUT2D eigenvalue weighted by atomic mass is 35.5. The third-order valence-electron chi connectivity index (χ3n) is 4.77. The molecule has 0 spiro atoms. The number of fused-ring (bicyclic) bond motifs is 1. The third-order valence-corrected chi connectivity index (χ3v) is 5.60. The maximum absolute atomic E-state index is 12.2. The van der Waals surface area contributed by atoms with Crippen LogP contribution in [0.15, 0.2) is 59.0 Å². The Bertz CT molecular complexity index is 1230. The molecule has 0 aliphatic carbocycles. The van der Waals surface area contributed by atoms with E-state index in [0.29, 0.717) is 39.4 Å². The Morgan fingerprint density at radius 3 is 2.45 bits per heavy atom. The second kappa shape index (κ2) is 9.00. The van der Waals surface area contributed by atoms with E-state index in [1.807, 2.05) is 56.3 Å². The number of aryl methyl sites for hydroxylation is 2. The topological polar surface area (TPSA) is 64.4 Å². The van der Waals surface area contributed by atoms with Crippen LogP contribution in [0.3, 0.4) is 0 Å². The summed E-state index contributed by atoms with van der Waals surface area (Å²) >= 11 is 12.2. The van der Waals surface area contributed by atoms with Crippen molar-refractivity contribution in [3.05, 3.63) is 87.2 Å². The summed E-state index contributed by atoms with van der Waals surface area (Å²) in [5, 5.41) is 4.16. The summed E-state index contributed by atoms with van der Waals surface area (Å²) in [5.41, 5.74) is 4.96.